The van der Waals surface area contributed by atoms with E-state index >= 15 is 0 Å². The van der Waals surface area contributed by atoms with Crippen LogP contribution in [-0.4, -0.2) is 16.8 Å². The molecule has 0 saturated heterocycles. The third kappa shape index (κ3) is 2.88. The number of rotatable bonds is 5. The van der Waals surface area contributed by atoms with Crippen LogP contribution >= 0.6 is 31.9 Å². The quantitative estimate of drug-likeness (QED) is 0.727. The first-order valence-corrected chi connectivity index (χ1v) is 7.80. The standard InChI is InChI=1S/C13H16Br2O/c14-9-13(10-15)6-12(7-13)16-8-11-4-2-1-3-5-11/h1-5,12H,6-10H2. The molecular formula is C13H16Br2O. The maximum Gasteiger partial charge on any atom is 0.0720 e. The Morgan fingerprint density at radius 3 is 2.31 bits per heavy atom. The zero-order valence-electron chi connectivity index (χ0n) is 9.16. The highest BCUT2D eigenvalue weighted by molar-refractivity contribution is 9.09. The highest BCUT2D eigenvalue weighted by Crippen LogP contribution is 2.45. The van der Waals surface area contributed by atoms with Crippen molar-refractivity contribution in [3.05, 3.63) is 35.9 Å². The molecule has 1 aromatic carbocycles. The van der Waals surface area contributed by atoms with Gasteiger partial charge >= 0.3 is 0 Å². The normalized spacial score (nSPS) is 19.4. The van der Waals surface area contributed by atoms with Crippen molar-refractivity contribution in [2.24, 2.45) is 5.41 Å². The Hall–Kier alpha value is 0.140. The average molecular weight is 348 g/mol. The summed E-state index contributed by atoms with van der Waals surface area (Å²) in [4.78, 5) is 0. The van der Waals surface area contributed by atoms with Crippen LogP contribution in [0.1, 0.15) is 18.4 Å². The minimum absolute atomic E-state index is 0.432. The van der Waals surface area contributed by atoms with E-state index in [0.717, 1.165) is 30.1 Å². The van der Waals surface area contributed by atoms with E-state index in [1.54, 1.807) is 0 Å². The second kappa shape index (κ2) is 5.65. The van der Waals surface area contributed by atoms with Crippen LogP contribution in [0.5, 0.6) is 0 Å². The van der Waals surface area contributed by atoms with E-state index in [1.165, 1.54) is 5.56 Å². The third-order valence-corrected chi connectivity index (χ3v) is 5.60. The van der Waals surface area contributed by atoms with Crippen molar-refractivity contribution < 1.29 is 4.74 Å². The molecule has 16 heavy (non-hydrogen) atoms. The van der Waals surface area contributed by atoms with Crippen molar-refractivity contribution in [2.75, 3.05) is 10.7 Å². The maximum atomic E-state index is 5.88. The molecule has 0 radical (unpaired) electrons. The molecule has 88 valence electrons. The molecule has 0 N–H and O–H groups in total. The van der Waals surface area contributed by atoms with Gasteiger partial charge in [0.25, 0.3) is 0 Å². The zero-order chi connectivity index (χ0) is 11.4. The number of hydrogen-bond acceptors (Lipinski definition) is 1. The van der Waals surface area contributed by atoms with Gasteiger partial charge in [0.2, 0.25) is 0 Å². The first-order chi connectivity index (χ1) is 7.78. The van der Waals surface area contributed by atoms with Crippen molar-refractivity contribution in [1.82, 2.24) is 0 Å². The summed E-state index contributed by atoms with van der Waals surface area (Å²) in [7, 11) is 0. The molecule has 0 atom stereocenters. The zero-order valence-corrected chi connectivity index (χ0v) is 12.3. The van der Waals surface area contributed by atoms with Crippen molar-refractivity contribution >= 4 is 31.9 Å². The van der Waals surface area contributed by atoms with E-state index in [-0.39, 0.29) is 0 Å². The molecule has 0 spiro atoms. The smallest absolute Gasteiger partial charge is 0.0720 e. The van der Waals surface area contributed by atoms with Gasteiger partial charge in [0, 0.05) is 10.7 Å². The van der Waals surface area contributed by atoms with E-state index in [9.17, 15) is 0 Å². The third-order valence-electron chi connectivity index (χ3n) is 3.22. The molecule has 0 amide bonds. The Bertz CT molecular complexity index is 314. The molecule has 2 rings (SSSR count). The van der Waals surface area contributed by atoms with E-state index in [2.05, 4.69) is 56.1 Å². The second-order valence-corrected chi connectivity index (χ2v) is 5.72. The van der Waals surface area contributed by atoms with Gasteiger partial charge < -0.3 is 4.74 Å². The Balaban J connectivity index is 1.74. The molecule has 1 nitrogen and oxygen atoms in total. The fourth-order valence-electron chi connectivity index (χ4n) is 2.07. The summed E-state index contributed by atoms with van der Waals surface area (Å²) < 4.78 is 5.88. The monoisotopic (exact) mass is 346 g/mol. The van der Waals surface area contributed by atoms with Gasteiger partial charge in [-0.15, -0.1) is 0 Å². The van der Waals surface area contributed by atoms with E-state index < -0.39 is 0 Å². The molecule has 3 heteroatoms. The first-order valence-electron chi connectivity index (χ1n) is 5.55. The van der Waals surface area contributed by atoms with Crippen LogP contribution in [0.15, 0.2) is 30.3 Å². The molecule has 1 aliphatic rings. The second-order valence-electron chi connectivity index (χ2n) is 4.59. The van der Waals surface area contributed by atoms with Crippen LogP contribution in [0.3, 0.4) is 0 Å². The summed E-state index contributed by atoms with van der Waals surface area (Å²) in [6.45, 7) is 0.742. The van der Waals surface area contributed by atoms with Crippen molar-refractivity contribution in [1.29, 1.82) is 0 Å². The van der Waals surface area contributed by atoms with Gasteiger partial charge in [-0.2, -0.15) is 0 Å². The molecule has 1 aliphatic carbocycles. The topological polar surface area (TPSA) is 9.23 Å². The van der Waals surface area contributed by atoms with Crippen LogP contribution < -0.4 is 0 Å². The molecule has 0 aliphatic heterocycles. The molecule has 0 bridgehead atoms. The predicted molar refractivity (Wildman–Crippen MR) is 74.3 cm³/mol. The van der Waals surface area contributed by atoms with Crippen molar-refractivity contribution in [2.45, 2.75) is 25.6 Å². The lowest BCUT2D eigenvalue weighted by Gasteiger charge is -2.45. The van der Waals surface area contributed by atoms with Crippen LogP contribution in [0.25, 0.3) is 0 Å². The van der Waals surface area contributed by atoms with Crippen LogP contribution in [-0.2, 0) is 11.3 Å². The SMILES string of the molecule is BrCC1(CBr)CC(OCc2ccccc2)C1. The number of hydrogen-bond donors (Lipinski definition) is 0. The van der Waals surface area contributed by atoms with Gasteiger partial charge in [0.15, 0.2) is 0 Å². The van der Waals surface area contributed by atoms with Gasteiger partial charge in [-0.1, -0.05) is 62.2 Å². The molecule has 1 saturated carbocycles. The lowest BCUT2D eigenvalue weighted by molar-refractivity contribution is -0.0684. The van der Waals surface area contributed by atoms with E-state index in [4.69, 9.17) is 4.74 Å². The van der Waals surface area contributed by atoms with E-state index in [0.29, 0.717) is 11.5 Å². The lowest BCUT2D eigenvalue weighted by Crippen LogP contribution is -2.44. The molecular weight excluding hydrogens is 332 g/mol. The van der Waals surface area contributed by atoms with Gasteiger partial charge in [-0.05, 0) is 23.8 Å². The Morgan fingerprint density at radius 1 is 1.12 bits per heavy atom. The van der Waals surface area contributed by atoms with Crippen LogP contribution in [0.4, 0.5) is 0 Å². The van der Waals surface area contributed by atoms with Crippen molar-refractivity contribution in [3.63, 3.8) is 0 Å². The Morgan fingerprint density at radius 2 is 1.75 bits per heavy atom. The summed E-state index contributed by atoms with van der Waals surface area (Å²) in [5, 5.41) is 2.13. The molecule has 0 heterocycles. The summed E-state index contributed by atoms with van der Waals surface area (Å²) >= 11 is 7.16. The first kappa shape index (κ1) is 12.6. The summed E-state index contributed by atoms with van der Waals surface area (Å²) in [6.07, 6.45) is 2.77. The lowest BCUT2D eigenvalue weighted by atomic mass is 9.70. The largest absolute Gasteiger partial charge is 0.373 e. The van der Waals surface area contributed by atoms with Gasteiger partial charge in [-0.25, -0.2) is 0 Å². The number of alkyl halides is 2. The minimum atomic E-state index is 0.432. The fraction of sp³-hybridized carbons (Fsp3) is 0.538. The van der Waals surface area contributed by atoms with Crippen LogP contribution in [0.2, 0.25) is 0 Å². The summed E-state index contributed by atoms with van der Waals surface area (Å²) in [5.41, 5.74) is 1.69. The predicted octanol–water partition coefficient (Wildman–Crippen LogP) is 4.14. The Kier molecular flexibility index (Phi) is 4.45. The summed E-state index contributed by atoms with van der Waals surface area (Å²) in [6, 6.07) is 10.4. The molecule has 0 unspecified atom stereocenters. The highest BCUT2D eigenvalue weighted by Gasteiger charge is 2.43. The minimum Gasteiger partial charge on any atom is -0.373 e. The number of benzene rings is 1. The highest BCUT2D eigenvalue weighted by atomic mass is 79.9. The molecule has 0 aromatic heterocycles. The van der Waals surface area contributed by atoms with Gasteiger partial charge in [0.05, 0.1) is 12.7 Å². The fourth-order valence-corrected chi connectivity index (χ4v) is 3.91. The maximum absolute atomic E-state index is 5.88. The van der Waals surface area contributed by atoms with E-state index in [1.807, 2.05) is 6.07 Å². The average Bonchev–Trinajstić information content (AvgIpc) is 2.30. The molecule has 1 fully saturated rings. The van der Waals surface area contributed by atoms with Gasteiger partial charge in [-0.3, -0.25) is 0 Å². The van der Waals surface area contributed by atoms with Crippen molar-refractivity contribution in [3.8, 4) is 0 Å². The molecule has 1 aromatic rings. The van der Waals surface area contributed by atoms with Crippen LogP contribution in [0, 0.1) is 5.41 Å². The number of ether oxygens (including phenoxy) is 1. The Labute approximate surface area is 114 Å². The summed E-state index contributed by atoms with van der Waals surface area (Å²) in [5.74, 6) is 0. The number of halogens is 2. The van der Waals surface area contributed by atoms with Gasteiger partial charge in [0.1, 0.15) is 0 Å².